The van der Waals surface area contributed by atoms with Gasteiger partial charge in [0, 0.05) is 12.6 Å². The molecular formula is C18H16Cl2N2O4. The van der Waals surface area contributed by atoms with Crippen molar-refractivity contribution in [2.75, 3.05) is 30.5 Å². The number of fused-ring (bicyclic) bond motifs is 1. The van der Waals surface area contributed by atoms with Crippen LogP contribution in [0.3, 0.4) is 0 Å². The van der Waals surface area contributed by atoms with E-state index in [0.717, 1.165) is 0 Å². The summed E-state index contributed by atoms with van der Waals surface area (Å²) in [5, 5.41) is 3.25. The Kier molecular flexibility index (Phi) is 5.25. The van der Waals surface area contributed by atoms with Gasteiger partial charge in [-0.15, -0.1) is 0 Å². The molecule has 2 aromatic carbocycles. The van der Waals surface area contributed by atoms with Crippen molar-refractivity contribution < 1.29 is 19.1 Å². The van der Waals surface area contributed by atoms with E-state index < -0.39 is 5.91 Å². The van der Waals surface area contributed by atoms with Gasteiger partial charge in [0.2, 0.25) is 5.91 Å². The summed E-state index contributed by atoms with van der Waals surface area (Å²) in [6.07, 6.45) is 0. The summed E-state index contributed by atoms with van der Waals surface area (Å²) in [4.78, 5) is 26.1. The molecule has 0 spiro atoms. The Balaban J connectivity index is 1.93. The molecule has 26 heavy (non-hydrogen) atoms. The van der Waals surface area contributed by atoms with Gasteiger partial charge >= 0.3 is 0 Å². The van der Waals surface area contributed by atoms with Crippen LogP contribution < -0.4 is 19.7 Å². The van der Waals surface area contributed by atoms with Gasteiger partial charge in [-0.25, -0.2) is 0 Å². The summed E-state index contributed by atoms with van der Waals surface area (Å²) in [6.45, 7) is 2.36. The van der Waals surface area contributed by atoms with Crippen LogP contribution >= 0.6 is 23.2 Å². The topological polar surface area (TPSA) is 67.9 Å². The number of halogens is 2. The molecule has 0 aliphatic carbocycles. The highest BCUT2D eigenvalue weighted by Crippen LogP contribution is 2.36. The Bertz CT molecular complexity index is 886. The first-order valence-corrected chi connectivity index (χ1v) is 8.56. The second-order valence-corrected chi connectivity index (χ2v) is 6.41. The van der Waals surface area contributed by atoms with Gasteiger partial charge in [-0.2, -0.15) is 0 Å². The molecule has 1 N–H and O–H groups in total. The molecule has 2 aromatic rings. The molecule has 0 saturated heterocycles. The monoisotopic (exact) mass is 394 g/mol. The Morgan fingerprint density at radius 3 is 2.62 bits per heavy atom. The number of nitrogens with zero attached hydrogens (tertiary/aromatic N) is 1. The van der Waals surface area contributed by atoms with E-state index in [4.69, 9.17) is 32.7 Å². The Morgan fingerprint density at radius 2 is 1.92 bits per heavy atom. The third-order valence-electron chi connectivity index (χ3n) is 3.95. The van der Waals surface area contributed by atoms with Gasteiger partial charge in [0.1, 0.15) is 17.9 Å². The van der Waals surface area contributed by atoms with Crippen molar-refractivity contribution in [3.05, 3.63) is 45.9 Å². The van der Waals surface area contributed by atoms with Crippen molar-refractivity contribution in [1.82, 2.24) is 0 Å². The predicted octanol–water partition coefficient (Wildman–Crippen LogP) is 4.00. The molecular weight excluding hydrogens is 379 g/mol. The lowest BCUT2D eigenvalue weighted by Gasteiger charge is -2.29. The van der Waals surface area contributed by atoms with Crippen LogP contribution in [0.4, 0.5) is 11.4 Å². The first-order valence-electron chi connectivity index (χ1n) is 7.80. The van der Waals surface area contributed by atoms with Crippen molar-refractivity contribution in [2.24, 2.45) is 0 Å². The van der Waals surface area contributed by atoms with Crippen molar-refractivity contribution in [1.29, 1.82) is 0 Å². The molecule has 0 fully saturated rings. The molecule has 1 aliphatic heterocycles. The molecule has 1 heterocycles. The lowest BCUT2D eigenvalue weighted by atomic mass is 10.1. The molecule has 136 valence electrons. The van der Waals surface area contributed by atoms with Crippen LogP contribution in [-0.4, -0.2) is 32.1 Å². The average Bonchev–Trinajstić information content (AvgIpc) is 2.62. The van der Waals surface area contributed by atoms with E-state index in [0.29, 0.717) is 30.3 Å². The Hall–Kier alpha value is -2.44. The van der Waals surface area contributed by atoms with E-state index >= 15 is 0 Å². The summed E-state index contributed by atoms with van der Waals surface area (Å²) >= 11 is 12.2. The molecule has 0 radical (unpaired) electrons. The number of methoxy groups -OCH3 is 1. The molecule has 0 unspecified atom stereocenters. The van der Waals surface area contributed by atoms with Gasteiger partial charge in [-0.1, -0.05) is 23.2 Å². The SMILES string of the molecule is COc1c(Cl)ccc(Cl)c1C(=O)Nc1ccc2c(c1)N(C(C)=O)CCO2. The number of anilines is 2. The molecule has 0 bridgehead atoms. The molecule has 0 aromatic heterocycles. The largest absolute Gasteiger partial charge is 0.494 e. The van der Waals surface area contributed by atoms with Crippen LogP contribution in [0.1, 0.15) is 17.3 Å². The van der Waals surface area contributed by atoms with E-state index in [9.17, 15) is 9.59 Å². The van der Waals surface area contributed by atoms with E-state index in [1.807, 2.05) is 0 Å². The average molecular weight is 395 g/mol. The van der Waals surface area contributed by atoms with E-state index in [1.165, 1.54) is 20.1 Å². The van der Waals surface area contributed by atoms with Gasteiger partial charge in [0.25, 0.3) is 5.91 Å². The number of hydrogen-bond acceptors (Lipinski definition) is 4. The summed E-state index contributed by atoms with van der Waals surface area (Å²) in [6, 6.07) is 8.15. The van der Waals surface area contributed by atoms with Gasteiger partial charge in [-0.05, 0) is 30.3 Å². The van der Waals surface area contributed by atoms with Gasteiger partial charge in [-0.3, -0.25) is 9.59 Å². The van der Waals surface area contributed by atoms with E-state index in [2.05, 4.69) is 5.32 Å². The molecule has 0 atom stereocenters. The number of nitrogens with one attached hydrogen (secondary N) is 1. The third-order valence-corrected chi connectivity index (χ3v) is 4.56. The zero-order chi connectivity index (χ0) is 18.8. The first kappa shape index (κ1) is 18.4. The second-order valence-electron chi connectivity index (χ2n) is 5.59. The summed E-state index contributed by atoms with van der Waals surface area (Å²) in [7, 11) is 1.41. The smallest absolute Gasteiger partial charge is 0.261 e. The summed E-state index contributed by atoms with van der Waals surface area (Å²) < 4.78 is 10.8. The zero-order valence-corrected chi connectivity index (χ0v) is 15.6. The van der Waals surface area contributed by atoms with E-state index in [1.54, 1.807) is 29.2 Å². The standard InChI is InChI=1S/C18H16Cl2N2O4/c1-10(23)22-7-8-26-15-6-3-11(9-14(15)22)21-18(24)16-12(19)4-5-13(20)17(16)25-2/h3-6,9H,7-8H2,1-2H3,(H,21,24). The fourth-order valence-electron chi connectivity index (χ4n) is 2.76. The predicted molar refractivity (Wildman–Crippen MR) is 101 cm³/mol. The minimum Gasteiger partial charge on any atom is -0.494 e. The minimum absolute atomic E-state index is 0.0995. The maximum absolute atomic E-state index is 12.7. The van der Waals surface area contributed by atoms with Crippen molar-refractivity contribution in [3.8, 4) is 11.5 Å². The highest BCUT2D eigenvalue weighted by Gasteiger charge is 2.23. The highest BCUT2D eigenvalue weighted by molar-refractivity contribution is 6.37. The summed E-state index contributed by atoms with van der Waals surface area (Å²) in [5.41, 5.74) is 1.23. The number of rotatable bonds is 3. The zero-order valence-electron chi connectivity index (χ0n) is 14.1. The Labute approximate surface area is 160 Å². The fraction of sp³-hybridized carbons (Fsp3) is 0.222. The summed E-state index contributed by atoms with van der Waals surface area (Å²) in [5.74, 6) is 0.212. The Morgan fingerprint density at radius 1 is 1.19 bits per heavy atom. The van der Waals surface area contributed by atoms with Crippen LogP contribution in [0.5, 0.6) is 11.5 Å². The van der Waals surface area contributed by atoms with Gasteiger partial charge in [0.15, 0.2) is 5.75 Å². The van der Waals surface area contributed by atoms with Crippen LogP contribution in [0, 0.1) is 0 Å². The van der Waals surface area contributed by atoms with Gasteiger partial charge < -0.3 is 19.7 Å². The van der Waals surface area contributed by atoms with Crippen molar-refractivity contribution in [3.63, 3.8) is 0 Å². The number of carbonyl (C=O) groups is 2. The maximum atomic E-state index is 12.7. The van der Waals surface area contributed by atoms with Gasteiger partial charge in [0.05, 0.1) is 29.4 Å². The quantitative estimate of drug-likeness (QED) is 0.853. The maximum Gasteiger partial charge on any atom is 0.261 e. The molecule has 8 heteroatoms. The lowest BCUT2D eigenvalue weighted by molar-refractivity contribution is -0.116. The normalized spacial score (nSPS) is 12.8. The van der Waals surface area contributed by atoms with Crippen molar-refractivity contribution in [2.45, 2.75) is 6.92 Å². The second kappa shape index (κ2) is 7.43. The van der Waals surface area contributed by atoms with Crippen molar-refractivity contribution >= 4 is 46.4 Å². The van der Waals surface area contributed by atoms with Crippen LogP contribution in [0.15, 0.2) is 30.3 Å². The molecule has 3 rings (SSSR count). The lowest BCUT2D eigenvalue weighted by Crippen LogP contribution is -2.36. The number of carbonyl (C=O) groups excluding carboxylic acids is 2. The molecule has 1 aliphatic rings. The third kappa shape index (κ3) is 3.43. The highest BCUT2D eigenvalue weighted by atomic mass is 35.5. The molecule has 0 saturated carbocycles. The number of benzene rings is 2. The molecule has 6 nitrogen and oxygen atoms in total. The van der Waals surface area contributed by atoms with E-state index in [-0.39, 0.29) is 27.3 Å². The molecule has 2 amide bonds. The first-order chi connectivity index (χ1) is 12.4. The van der Waals surface area contributed by atoms with Crippen LogP contribution in [-0.2, 0) is 4.79 Å². The number of ether oxygens (including phenoxy) is 2. The number of hydrogen-bond donors (Lipinski definition) is 1. The van der Waals surface area contributed by atoms with Crippen LogP contribution in [0.2, 0.25) is 10.0 Å². The van der Waals surface area contributed by atoms with Crippen LogP contribution in [0.25, 0.3) is 0 Å². The number of amides is 2. The fourth-order valence-corrected chi connectivity index (χ4v) is 3.23. The minimum atomic E-state index is -0.472.